The van der Waals surface area contributed by atoms with Crippen molar-refractivity contribution in [2.45, 2.75) is 13.0 Å². The van der Waals surface area contributed by atoms with Gasteiger partial charge in [-0.1, -0.05) is 30.3 Å². The number of H-pyrrole nitrogens is 1. The van der Waals surface area contributed by atoms with E-state index in [2.05, 4.69) is 39.9 Å². The maximum Gasteiger partial charge on any atom is 0.118 e. The zero-order chi connectivity index (χ0) is 17.7. The van der Waals surface area contributed by atoms with E-state index >= 15 is 0 Å². The number of hydrogen-bond donors (Lipinski definition) is 1. The van der Waals surface area contributed by atoms with Crippen LogP contribution in [0.1, 0.15) is 11.1 Å². The first-order valence-electron chi connectivity index (χ1n) is 8.67. The summed E-state index contributed by atoms with van der Waals surface area (Å²) in [5, 5.41) is 11.0. The summed E-state index contributed by atoms with van der Waals surface area (Å²) >= 11 is 0. The second kappa shape index (κ2) is 5.53. The third-order valence-corrected chi connectivity index (χ3v) is 5.23. The van der Waals surface area contributed by atoms with Crippen LogP contribution < -0.4 is 4.74 Å². The van der Waals surface area contributed by atoms with Gasteiger partial charge in [-0.2, -0.15) is 5.26 Å². The lowest BCUT2D eigenvalue weighted by molar-refractivity contribution is 0.415. The van der Waals surface area contributed by atoms with Crippen molar-refractivity contribution in [3.8, 4) is 34.3 Å². The zero-order valence-electron chi connectivity index (χ0n) is 14.4. The highest BCUT2D eigenvalue weighted by atomic mass is 16.5. The fourth-order valence-electron chi connectivity index (χ4n) is 4.03. The lowest BCUT2D eigenvalue weighted by Crippen LogP contribution is -2.09. The molecule has 2 aromatic carbocycles. The van der Waals surface area contributed by atoms with Gasteiger partial charge in [0.25, 0.3) is 0 Å². The Balaban J connectivity index is 1.80. The smallest absolute Gasteiger partial charge is 0.118 e. The molecule has 0 radical (unpaired) electrons. The van der Waals surface area contributed by atoms with Gasteiger partial charge in [0, 0.05) is 29.2 Å². The Kier molecular flexibility index (Phi) is 3.16. The van der Waals surface area contributed by atoms with Crippen molar-refractivity contribution in [3.63, 3.8) is 0 Å². The number of ether oxygens (including phenoxy) is 1. The van der Waals surface area contributed by atoms with Gasteiger partial charge in [0.2, 0.25) is 0 Å². The Hall–Kier alpha value is -3.45. The number of para-hydroxylation sites is 1. The van der Waals surface area contributed by atoms with Crippen molar-refractivity contribution < 1.29 is 4.74 Å². The number of methoxy groups -OCH3 is 1. The van der Waals surface area contributed by atoms with Crippen molar-refractivity contribution >= 4 is 10.9 Å². The van der Waals surface area contributed by atoms with Crippen molar-refractivity contribution in [1.29, 1.82) is 5.26 Å². The fraction of sp³-hybridized carbons (Fsp3) is 0.136. The molecule has 0 aliphatic carbocycles. The highest BCUT2D eigenvalue weighted by Gasteiger charge is 2.26. The van der Waals surface area contributed by atoms with Gasteiger partial charge in [-0.05, 0) is 35.7 Å². The SMILES string of the molecule is COc1ccc(-c2c(C#N)cn3c2-c2[nH]c4ccccc4c2CC3)cc1. The van der Waals surface area contributed by atoms with Crippen LogP contribution in [0.2, 0.25) is 0 Å². The number of rotatable bonds is 2. The Morgan fingerprint density at radius 3 is 2.69 bits per heavy atom. The lowest BCUT2D eigenvalue weighted by atomic mass is 9.96. The molecular weight excluding hydrogens is 322 g/mol. The average molecular weight is 339 g/mol. The van der Waals surface area contributed by atoms with Crippen LogP contribution in [-0.2, 0) is 13.0 Å². The predicted octanol–water partition coefficient (Wildman–Crippen LogP) is 4.74. The van der Waals surface area contributed by atoms with Gasteiger partial charge >= 0.3 is 0 Å². The summed E-state index contributed by atoms with van der Waals surface area (Å²) in [6.07, 6.45) is 2.94. The number of hydrogen-bond acceptors (Lipinski definition) is 2. The second-order valence-electron chi connectivity index (χ2n) is 6.57. The van der Waals surface area contributed by atoms with Crippen molar-refractivity contribution in [2.75, 3.05) is 7.11 Å². The maximum atomic E-state index is 9.72. The third-order valence-electron chi connectivity index (χ3n) is 5.23. The van der Waals surface area contributed by atoms with E-state index in [4.69, 9.17) is 4.74 Å². The normalized spacial score (nSPS) is 12.5. The first-order chi connectivity index (χ1) is 12.8. The van der Waals surface area contributed by atoms with Crippen LogP contribution >= 0.6 is 0 Å². The lowest BCUT2D eigenvalue weighted by Gasteiger charge is -2.18. The van der Waals surface area contributed by atoms with Crippen LogP contribution in [0, 0.1) is 11.3 Å². The van der Waals surface area contributed by atoms with Crippen LogP contribution in [0.5, 0.6) is 5.75 Å². The van der Waals surface area contributed by atoms with Crippen LogP contribution in [0.15, 0.2) is 54.7 Å². The number of benzene rings is 2. The molecule has 5 rings (SSSR count). The Bertz CT molecular complexity index is 1170. The number of fused-ring (bicyclic) bond motifs is 5. The number of nitrogens with one attached hydrogen (secondary N) is 1. The predicted molar refractivity (Wildman–Crippen MR) is 102 cm³/mol. The molecule has 26 heavy (non-hydrogen) atoms. The largest absolute Gasteiger partial charge is 0.497 e. The number of aromatic nitrogens is 2. The first kappa shape index (κ1) is 14.9. The minimum atomic E-state index is 0.705. The van der Waals surface area contributed by atoms with Crippen molar-refractivity contribution in [1.82, 2.24) is 9.55 Å². The minimum Gasteiger partial charge on any atom is -0.497 e. The van der Waals surface area contributed by atoms with Gasteiger partial charge < -0.3 is 14.3 Å². The van der Waals surface area contributed by atoms with E-state index in [9.17, 15) is 5.26 Å². The van der Waals surface area contributed by atoms with Crippen LogP contribution in [0.3, 0.4) is 0 Å². The third kappa shape index (κ3) is 2.01. The summed E-state index contributed by atoms with van der Waals surface area (Å²) in [4.78, 5) is 3.59. The molecule has 3 heterocycles. The van der Waals surface area contributed by atoms with Crippen LogP contribution in [-0.4, -0.2) is 16.7 Å². The van der Waals surface area contributed by atoms with Crippen molar-refractivity contribution in [3.05, 3.63) is 65.9 Å². The molecule has 0 spiro atoms. The molecule has 0 fully saturated rings. The number of nitriles is 1. The molecule has 4 nitrogen and oxygen atoms in total. The first-order valence-corrected chi connectivity index (χ1v) is 8.67. The van der Waals surface area contributed by atoms with Crippen LogP contribution in [0.4, 0.5) is 0 Å². The van der Waals surface area contributed by atoms with Gasteiger partial charge in [0.1, 0.15) is 11.8 Å². The molecule has 1 aliphatic heterocycles. The van der Waals surface area contributed by atoms with E-state index in [0.717, 1.165) is 46.7 Å². The summed E-state index contributed by atoms with van der Waals surface area (Å²) in [6.45, 7) is 0.884. The highest BCUT2D eigenvalue weighted by Crippen LogP contribution is 2.42. The monoisotopic (exact) mass is 339 g/mol. The van der Waals surface area contributed by atoms with E-state index < -0.39 is 0 Å². The molecule has 2 aromatic heterocycles. The Labute approximate surface area is 151 Å². The molecule has 0 unspecified atom stereocenters. The number of aromatic amines is 1. The molecule has 0 saturated heterocycles. The second-order valence-corrected chi connectivity index (χ2v) is 6.57. The molecular formula is C22H17N3O. The quantitative estimate of drug-likeness (QED) is 0.573. The van der Waals surface area contributed by atoms with Crippen molar-refractivity contribution in [2.24, 2.45) is 0 Å². The van der Waals surface area contributed by atoms with E-state index in [-0.39, 0.29) is 0 Å². The van der Waals surface area contributed by atoms with Gasteiger partial charge in [-0.25, -0.2) is 0 Å². The van der Waals surface area contributed by atoms with Gasteiger partial charge in [0.15, 0.2) is 0 Å². The maximum absolute atomic E-state index is 9.72. The highest BCUT2D eigenvalue weighted by molar-refractivity contribution is 5.95. The van der Waals surface area contributed by atoms with E-state index in [1.54, 1.807) is 7.11 Å². The van der Waals surface area contributed by atoms with Crippen LogP contribution in [0.25, 0.3) is 33.4 Å². The molecule has 1 N–H and O–H groups in total. The van der Waals surface area contributed by atoms with E-state index in [1.807, 2.05) is 30.5 Å². The molecule has 1 aliphatic rings. The zero-order valence-corrected chi connectivity index (χ0v) is 14.4. The Morgan fingerprint density at radius 2 is 1.92 bits per heavy atom. The molecule has 4 aromatic rings. The van der Waals surface area contributed by atoms with Gasteiger partial charge in [0.05, 0.1) is 24.1 Å². The standard InChI is InChI=1S/C22H17N3O/c1-26-16-8-6-14(7-9-16)20-15(12-23)13-25-11-10-18-17-4-2-3-5-19(17)24-21(18)22(20)25/h2-9,13,24H,10-11H2,1H3. The molecule has 0 bridgehead atoms. The van der Waals surface area contributed by atoms with E-state index in [1.165, 1.54) is 10.9 Å². The topological polar surface area (TPSA) is 53.7 Å². The summed E-state index contributed by atoms with van der Waals surface area (Å²) in [5.41, 5.74) is 7.44. The van der Waals surface area contributed by atoms with Gasteiger partial charge in [-0.15, -0.1) is 0 Å². The minimum absolute atomic E-state index is 0.705. The molecule has 126 valence electrons. The number of aryl methyl sites for hydroxylation is 2. The summed E-state index contributed by atoms with van der Waals surface area (Å²) in [7, 11) is 1.66. The summed E-state index contributed by atoms with van der Waals surface area (Å²) in [6, 6.07) is 18.7. The molecule has 0 atom stereocenters. The average Bonchev–Trinajstić information content (AvgIpc) is 3.26. The summed E-state index contributed by atoms with van der Waals surface area (Å²) < 4.78 is 7.48. The Morgan fingerprint density at radius 1 is 1.12 bits per heavy atom. The molecule has 4 heteroatoms. The fourth-order valence-corrected chi connectivity index (χ4v) is 4.03. The molecule has 0 saturated carbocycles. The number of nitrogens with zero attached hydrogens (tertiary/aromatic N) is 2. The summed E-state index contributed by atoms with van der Waals surface area (Å²) in [5.74, 6) is 0.812. The molecule has 0 amide bonds. The van der Waals surface area contributed by atoms with Gasteiger partial charge in [-0.3, -0.25) is 0 Å². The van der Waals surface area contributed by atoms with E-state index in [0.29, 0.717) is 5.56 Å².